The second kappa shape index (κ2) is 9.89. The lowest BCUT2D eigenvalue weighted by Gasteiger charge is -2.37. The highest BCUT2D eigenvalue weighted by atomic mass is 32.2. The number of carbonyl (C=O) groups excluding carboxylic acids is 1. The number of fused-ring (bicyclic) bond motifs is 1. The minimum absolute atomic E-state index is 0.0599. The fourth-order valence-corrected chi connectivity index (χ4v) is 4.75. The Kier molecular flexibility index (Phi) is 7.43. The van der Waals surface area contributed by atoms with E-state index in [2.05, 4.69) is 10.0 Å². The molecule has 0 fully saturated rings. The summed E-state index contributed by atoms with van der Waals surface area (Å²) < 4.78 is 34.9. The minimum atomic E-state index is -3.89. The summed E-state index contributed by atoms with van der Waals surface area (Å²) in [6, 6.07) is 10.9. The number of aliphatic hydroxyl groups is 1. The van der Waals surface area contributed by atoms with E-state index in [9.17, 15) is 18.3 Å². The molecule has 3 N–H and O–H groups in total. The quantitative estimate of drug-likeness (QED) is 0.584. The molecule has 8 nitrogen and oxygen atoms in total. The topological polar surface area (TPSA) is 108 Å². The van der Waals surface area contributed by atoms with Gasteiger partial charge in [-0.15, -0.1) is 0 Å². The SMILES string of the molecule is CNC[C@@H]1Oc2c(NS(=O)(=O)c3ccc(C)cc3)cccc2C(=O)N([C@H](C)CO)C[C@H]1C. The van der Waals surface area contributed by atoms with Gasteiger partial charge in [-0.25, -0.2) is 8.42 Å². The highest BCUT2D eigenvalue weighted by molar-refractivity contribution is 7.92. The Morgan fingerprint density at radius 2 is 1.91 bits per heavy atom. The second-order valence-corrected chi connectivity index (χ2v) is 9.96. The number of aryl methyl sites for hydroxylation is 1. The summed E-state index contributed by atoms with van der Waals surface area (Å²) in [4.78, 5) is 15.1. The Hall–Kier alpha value is -2.62. The molecule has 0 aromatic heterocycles. The van der Waals surface area contributed by atoms with Crippen molar-refractivity contribution in [3.8, 4) is 5.75 Å². The molecule has 1 amide bonds. The molecular formula is C23H31N3O5S. The molecule has 0 spiro atoms. The average molecular weight is 462 g/mol. The number of sulfonamides is 1. The number of amides is 1. The van der Waals surface area contributed by atoms with Crippen LogP contribution in [0.25, 0.3) is 0 Å². The van der Waals surface area contributed by atoms with E-state index in [-0.39, 0.29) is 52.5 Å². The van der Waals surface area contributed by atoms with Gasteiger partial charge in [0.15, 0.2) is 5.75 Å². The van der Waals surface area contributed by atoms with Crippen LogP contribution >= 0.6 is 0 Å². The Morgan fingerprint density at radius 1 is 1.22 bits per heavy atom. The van der Waals surface area contributed by atoms with Gasteiger partial charge < -0.3 is 20.1 Å². The van der Waals surface area contributed by atoms with Crippen molar-refractivity contribution in [1.29, 1.82) is 0 Å². The Labute approximate surface area is 189 Å². The van der Waals surface area contributed by atoms with E-state index in [0.29, 0.717) is 13.1 Å². The van der Waals surface area contributed by atoms with Crippen LogP contribution < -0.4 is 14.8 Å². The van der Waals surface area contributed by atoms with E-state index < -0.39 is 10.0 Å². The van der Waals surface area contributed by atoms with Crippen LogP contribution in [0.1, 0.15) is 29.8 Å². The molecule has 0 radical (unpaired) electrons. The molecule has 32 heavy (non-hydrogen) atoms. The highest BCUT2D eigenvalue weighted by Crippen LogP contribution is 2.35. The number of benzene rings is 2. The van der Waals surface area contributed by atoms with E-state index in [1.165, 1.54) is 12.1 Å². The first-order chi connectivity index (χ1) is 15.2. The molecule has 2 aromatic carbocycles. The van der Waals surface area contributed by atoms with Gasteiger partial charge in [-0.3, -0.25) is 9.52 Å². The number of anilines is 1. The lowest BCUT2D eigenvalue weighted by molar-refractivity contribution is 0.0417. The lowest BCUT2D eigenvalue weighted by Crippen LogP contribution is -2.49. The van der Waals surface area contributed by atoms with E-state index in [0.717, 1.165) is 5.56 Å². The monoisotopic (exact) mass is 461 g/mol. The van der Waals surface area contributed by atoms with Crippen molar-refractivity contribution in [3.05, 3.63) is 53.6 Å². The van der Waals surface area contributed by atoms with Crippen LogP contribution in [0.2, 0.25) is 0 Å². The zero-order valence-corrected chi connectivity index (χ0v) is 19.6. The predicted octanol–water partition coefficient (Wildman–Crippen LogP) is 2.24. The number of nitrogens with one attached hydrogen (secondary N) is 2. The van der Waals surface area contributed by atoms with Gasteiger partial charge in [-0.2, -0.15) is 0 Å². The van der Waals surface area contributed by atoms with E-state index in [4.69, 9.17) is 4.74 Å². The molecule has 174 valence electrons. The fraction of sp³-hybridized carbons (Fsp3) is 0.435. The van der Waals surface area contributed by atoms with Crippen LogP contribution in [0.15, 0.2) is 47.4 Å². The number of likely N-dealkylation sites (N-methyl/N-ethyl adjacent to an activating group) is 1. The molecule has 1 heterocycles. The number of para-hydroxylation sites is 1. The molecule has 1 aliphatic heterocycles. The van der Waals surface area contributed by atoms with Crippen molar-refractivity contribution in [2.24, 2.45) is 5.92 Å². The van der Waals surface area contributed by atoms with Gasteiger partial charge in [0.2, 0.25) is 0 Å². The standard InChI is InChI=1S/C23H31N3O5S/c1-15-8-10-18(11-9-15)32(29,30)25-20-7-5-6-19-22(20)31-21(12-24-4)16(2)13-26(23(19)28)17(3)14-27/h5-11,16-17,21,24-25,27H,12-14H2,1-4H3/t16-,17-,21+/m1/s1. The number of hydrogen-bond acceptors (Lipinski definition) is 6. The number of nitrogens with zero attached hydrogens (tertiary/aromatic N) is 1. The number of aliphatic hydroxyl groups excluding tert-OH is 1. The van der Waals surface area contributed by atoms with Gasteiger partial charge in [0, 0.05) is 19.0 Å². The molecule has 3 rings (SSSR count). The molecule has 0 aliphatic carbocycles. The van der Waals surface area contributed by atoms with Gasteiger partial charge in [0.25, 0.3) is 15.9 Å². The molecule has 0 saturated carbocycles. The summed E-state index contributed by atoms with van der Waals surface area (Å²) in [6.07, 6.45) is -0.315. The second-order valence-electron chi connectivity index (χ2n) is 8.28. The molecular weight excluding hydrogens is 430 g/mol. The average Bonchev–Trinajstić information content (AvgIpc) is 2.76. The van der Waals surface area contributed by atoms with Crippen molar-refractivity contribution in [3.63, 3.8) is 0 Å². The third-order valence-electron chi connectivity index (χ3n) is 5.67. The zero-order valence-electron chi connectivity index (χ0n) is 18.8. The highest BCUT2D eigenvalue weighted by Gasteiger charge is 2.34. The first-order valence-electron chi connectivity index (χ1n) is 10.6. The number of hydrogen-bond donors (Lipinski definition) is 3. The predicted molar refractivity (Wildman–Crippen MR) is 124 cm³/mol. The van der Waals surface area contributed by atoms with Crippen LogP contribution in [-0.4, -0.2) is 63.2 Å². The Balaban J connectivity index is 2.08. The van der Waals surface area contributed by atoms with Crippen LogP contribution in [0.5, 0.6) is 5.75 Å². The minimum Gasteiger partial charge on any atom is -0.486 e. The maximum Gasteiger partial charge on any atom is 0.262 e. The van der Waals surface area contributed by atoms with Crippen molar-refractivity contribution < 1.29 is 23.1 Å². The summed E-state index contributed by atoms with van der Waals surface area (Å²) >= 11 is 0. The third kappa shape index (κ3) is 5.06. The number of ether oxygens (including phenoxy) is 1. The number of carbonyl (C=O) groups is 1. The van der Waals surface area contributed by atoms with Crippen molar-refractivity contribution >= 4 is 21.6 Å². The molecule has 9 heteroatoms. The van der Waals surface area contributed by atoms with Gasteiger partial charge in [0.05, 0.1) is 28.8 Å². The largest absolute Gasteiger partial charge is 0.486 e. The van der Waals surface area contributed by atoms with Crippen molar-refractivity contribution in [2.45, 2.75) is 37.8 Å². The first-order valence-corrected chi connectivity index (χ1v) is 12.1. The molecule has 0 saturated heterocycles. The summed E-state index contributed by atoms with van der Waals surface area (Å²) in [7, 11) is -2.08. The van der Waals surface area contributed by atoms with Gasteiger partial charge in [0.1, 0.15) is 6.10 Å². The first kappa shape index (κ1) is 24.0. The lowest BCUT2D eigenvalue weighted by atomic mass is 9.99. The third-order valence-corrected chi connectivity index (χ3v) is 7.05. The van der Waals surface area contributed by atoms with Gasteiger partial charge in [-0.05, 0) is 45.2 Å². The van der Waals surface area contributed by atoms with Gasteiger partial charge >= 0.3 is 0 Å². The van der Waals surface area contributed by atoms with Crippen LogP contribution in [-0.2, 0) is 10.0 Å². The maximum absolute atomic E-state index is 13.4. The summed E-state index contributed by atoms with van der Waals surface area (Å²) in [6.45, 7) is 6.37. The van der Waals surface area contributed by atoms with Crippen molar-refractivity contribution in [2.75, 3.05) is 31.5 Å². The fourth-order valence-electron chi connectivity index (χ4n) is 3.69. The Bertz CT molecular complexity index is 1060. The molecule has 3 atom stereocenters. The van der Waals surface area contributed by atoms with Crippen molar-refractivity contribution in [1.82, 2.24) is 10.2 Å². The Morgan fingerprint density at radius 3 is 2.53 bits per heavy atom. The number of rotatable bonds is 7. The maximum atomic E-state index is 13.4. The normalized spacial score (nSPS) is 20.0. The van der Waals surface area contributed by atoms with E-state index in [1.807, 2.05) is 13.8 Å². The molecule has 2 aromatic rings. The van der Waals surface area contributed by atoms with Crippen LogP contribution in [0.3, 0.4) is 0 Å². The smallest absolute Gasteiger partial charge is 0.262 e. The summed E-state index contributed by atoms with van der Waals surface area (Å²) in [5, 5.41) is 12.8. The molecule has 1 aliphatic rings. The van der Waals surface area contributed by atoms with E-state index in [1.54, 1.807) is 49.2 Å². The molecule has 0 bridgehead atoms. The zero-order chi connectivity index (χ0) is 23.5. The van der Waals surface area contributed by atoms with Crippen LogP contribution in [0, 0.1) is 12.8 Å². The molecule has 0 unspecified atom stereocenters. The van der Waals surface area contributed by atoms with E-state index >= 15 is 0 Å². The summed E-state index contributed by atoms with van der Waals surface area (Å²) in [5.74, 6) is -0.182. The van der Waals surface area contributed by atoms with Crippen LogP contribution in [0.4, 0.5) is 5.69 Å². The summed E-state index contributed by atoms with van der Waals surface area (Å²) in [5.41, 5.74) is 1.40. The van der Waals surface area contributed by atoms with Gasteiger partial charge in [-0.1, -0.05) is 30.7 Å².